The van der Waals surface area contributed by atoms with Crippen molar-refractivity contribution in [3.05, 3.63) is 52.2 Å². The van der Waals surface area contributed by atoms with Gasteiger partial charge in [-0.05, 0) is 37.9 Å². The molecule has 0 saturated heterocycles. The van der Waals surface area contributed by atoms with Gasteiger partial charge in [-0.3, -0.25) is 9.69 Å². The van der Waals surface area contributed by atoms with E-state index < -0.39 is 0 Å². The predicted octanol–water partition coefficient (Wildman–Crippen LogP) is 3.11. The number of likely N-dealkylation sites (N-methyl/N-ethyl adjacent to an activating group) is 1. The minimum Gasteiger partial charge on any atom is -0.496 e. The molecule has 2 rings (SSSR count). The Hall–Kier alpha value is -1.85. The number of nitrogens with zero attached hydrogens (tertiary/aromatic N) is 1. The summed E-state index contributed by atoms with van der Waals surface area (Å²) in [4.78, 5) is 15.4. The van der Waals surface area contributed by atoms with E-state index in [1.807, 2.05) is 42.3 Å². The molecule has 1 amide bonds. The van der Waals surface area contributed by atoms with Crippen LogP contribution in [0.25, 0.3) is 0 Å². The highest BCUT2D eigenvalue weighted by Crippen LogP contribution is 2.27. The van der Waals surface area contributed by atoms with Crippen LogP contribution in [0.3, 0.4) is 0 Å². The zero-order valence-corrected chi connectivity index (χ0v) is 14.7. The van der Waals surface area contributed by atoms with Crippen LogP contribution in [0.1, 0.15) is 23.4 Å². The van der Waals surface area contributed by atoms with Crippen LogP contribution >= 0.6 is 11.3 Å². The quantitative estimate of drug-likeness (QED) is 0.807. The van der Waals surface area contributed by atoms with Crippen LogP contribution in [0.2, 0.25) is 0 Å². The molecule has 1 heterocycles. The van der Waals surface area contributed by atoms with Crippen molar-refractivity contribution < 1.29 is 9.53 Å². The summed E-state index contributed by atoms with van der Waals surface area (Å²) in [7, 11) is 3.62. The van der Waals surface area contributed by atoms with Gasteiger partial charge in [-0.15, -0.1) is 11.3 Å². The van der Waals surface area contributed by atoms with Gasteiger partial charge in [-0.2, -0.15) is 0 Å². The second-order valence-electron chi connectivity index (χ2n) is 5.51. The highest BCUT2D eigenvalue weighted by Gasteiger charge is 2.17. The number of benzene rings is 1. The van der Waals surface area contributed by atoms with Gasteiger partial charge in [0.15, 0.2) is 0 Å². The number of rotatable bonds is 8. The van der Waals surface area contributed by atoms with Crippen LogP contribution in [-0.2, 0) is 11.2 Å². The molecule has 23 heavy (non-hydrogen) atoms. The molecule has 124 valence electrons. The van der Waals surface area contributed by atoms with Crippen molar-refractivity contribution in [2.75, 3.05) is 27.2 Å². The average Bonchev–Trinajstić information content (AvgIpc) is 3.07. The molecule has 4 nitrogen and oxygen atoms in total. The molecule has 0 saturated carbocycles. The maximum atomic E-state index is 12.1. The molecule has 0 aliphatic carbocycles. The normalized spacial score (nSPS) is 12.2. The fraction of sp³-hybridized carbons (Fsp3) is 0.389. The number of carbonyl (C=O) groups is 1. The summed E-state index contributed by atoms with van der Waals surface area (Å²) in [6.07, 6.45) is 0.884. The number of hydrogen-bond acceptors (Lipinski definition) is 4. The first-order valence-electron chi connectivity index (χ1n) is 7.74. The molecule has 0 spiro atoms. The van der Waals surface area contributed by atoms with Crippen molar-refractivity contribution in [3.8, 4) is 5.75 Å². The Kier molecular flexibility index (Phi) is 6.62. The number of hydrogen-bond donors (Lipinski definition) is 1. The van der Waals surface area contributed by atoms with E-state index in [9.17, 15) is 4.79 Å². The molecule has 1 N–H and O–H groups in total. The summed E-state index contributed by atoms with van der Waals surface area (Å²) in [5, 5.41) is 5.04. The minimum absolute atomic E-state index is 0.0470. The lowest BCUT2D eigenvalue weighted by Crippen LogP contribution is -2.37. The van der Waals surface area contributed by atoms with Crippen molar-refractivity contribution in [2.45, 2.75) is 19.4 Å². The summed E-state index contributed by atoms with van der Waals surface area (Å²) in [5.41, 5.74) is 1.09. The first-order chi connectivity index (χ1) is 11.1. The highest BCUT2D eigenvalue weighted by molar-refractivity contribution is 7.09. The third-order valence-corrected chi connectivity index (χ3v) is 4.85. The summed E-state index contributed by atoms with van der Waals surface area (Å²) >= 11 is 1.72. The summed E-state index contributed by atoms with van der Waals surface area (Å²) < 4.78 is 5.40. The fourth-order valence-electron chi connectivity index (χ4n) is 2.45. The lowest BCUT2D eigenvalue weighted by molar-refractivity contribution is -0.122. The maximum Gasteiger partial charge on any atom is 0.234 e. The Morgan fingerprint density at radius 2 is 2.09 bits per heavy atom. The number of methoxy groups -OCH3 is 1. The van der Waals surface area contributed by atoms with E-state index in [4.69, 9.17) is 4.74 Å². The van der Waals surface area contributed by atoms with Gasteiger partial charge >= 0.3 is 0 Å². The van der Waals surface area contributed by atoms with Crippen LogP contribution in [0, 0.1) is 0 Å². The summed E-state index contributed by atoms with van der Waals surface area (Å²) in [5.74, 6) is 0.899. The number of para-hydroxylation sites is 1. The van der Waals surface area contributed by atoms with Gasteiger partial charge in [0.2, 0.25) is 5.91 Å². The molecule has 2 aromatic rings. The van der Waals surface area contributed by atoms with Gasteiger partial charge in [-0.1, -0.05) is 24.3 Å². The van der Waals surface area contributed by atoms with Gasteiger partial charge in [0, 0.05) is 23.0 Å². The highest BCUT2D eigenvalue weighted by atomic mass is 32.1. The second kappa shape index (κ2) is 8.70. The molecule has 1 atom stereocenters. The molecule has 0 aliphatic heterocycles. The molecule has 0 fully saturated rings. The molecule has 0 bridgehead atoms. The van der Waals surface area contributed by atoms with Gasteiger partial charge < -0.3 is 10.1 Å². The van der Waals surface area contributed by atoms with Crippen molar-refractivity contribution >= 4 is 17.2 Å². The molecular weight excluding hydrogens is 308 g/mol. The zero-order chi connectivity index (χ0) is 16.7. The first-order valence-corrected chi connectivity index (χ1v) is 8.62. The maximum absolute atomic E-state index is 12.1. The molecule has 0 aliphatic rings. The Morgan fingerprint density at radius 3 is 2.78 bits per heavy atom. The molecule has 1 aromatic carbocycles. The van der Waals surface area contributed by atoms with Crippen molar-refractivity contribution in [3.63, 3.8) is 0 Å². The number of nitrogens with one attached hydrogen (secondary N) is 1. The van der Waals surface area contributed by atoms with E-state index >= 15 is 0 Å². The van der Waals surface area contributed by atoms with Crippen LogP contribution in [0.5, 0.6) is 5.75 Å². The van der Waals surface area contributed by atoms with E-state index in [0.29, 0.717) is 13.1 Å². The Morgan fingerprint density at radius 1 is 1.30 bits per heavy atom. The third kappa shape index (κ3) is 5.08. The van der Waals surface area contributed by atoms with Gasteiger partial charge in [0.1, 0.15) is 5.75 Å². The van der Waals surface area contributed by atoms with Crippen molar-refractivity contribution in [1.82, 2.24) is 10.2 Å². The van der Waals surface area contributed by atoms with Gasteiger partial charge in [-0.25, -0.2) is 0 Å². The van der Waals surface area contributed by atoms with Crippen LogP contribution < -0.4 is 10.1 Å². The van der Waals surface area contributed by atoms with E-state index in [2.05, 4.69) is 23.7 Å². The van der Waals surface area contributed by atoms with Crippen LogP contribution in [0.4, 0.5) is 0 Å². The lowest BCUT2D eigenvalue weighted by Gasteiger charge is -2.25. The van der Waals surface area contributed by atoms with Crippen LogP contribution in [0.15, 0.2) is 41.8 Å². The molecule has 1 aromatic heterocycles. The number of amides is 1. The number of ether oxygens (including phenoxy) is 1. The summed E-state index contributed by atoms with van der Waals surface area (Å²) in [6.45, 7) is 3.12. The Bertz CT molecular complexity index is 613. The van der Waals surface area contributed by atoms with E-state index in [1.54, 1.807) is 18.4 Å². The Labute approximate surface area is 142 Å². The predicted molar refractivity (Wildman–Crippen MR) is 95.1 cm³/mol. The van der Waals surface area contributed by atoms with Gasteiger partial charge in [0.05, 0.1) is 13.7 Å². The molecule has 0 unspecified atom stereocenters. The standard InChI is InChI=1S/C18H24N2O2S/c1-14(16-8-4-5-9-17(16)22-3)20(2)13-18(21)19-11-10-15-7-6-12-23-15/h4-9,12,14H,10-11,13H2,1-3H3,(H,19,21)/t14-/m0/s1. The molecule has 0 radical (unpaired) electrons. The summed E-state index contributed by atoms with van der Waals surface area (Å²) in [6, 6.07) is 12.1. The van der Waals surface area contributed by atoms with E-state index in [0.717, 1.165) is 17.7 Å². The fourth-order valence-corrected chi connectivity index (χ4v) is 3.16. The lowest BCUT2D eigenvalue weighted by atomic mass is 10.1. The van der Waals surface area contributed by atoms with Crippen LogP contribution in [-0.4, -0.2) is 38.1 Å². The van der Waals surface area contributed by atoms with Crippen molar-refractivity contribution in [1.29, 1.82) is 0 Å². The van der Waals surface area contributed by atoms with E-state index in [-0.39, 0.29) is 11.9 Å². The number of carbonyl (C=O) groups excluding carboxylic acids is 1. The zero-order valence-electron chi connectivity index (χ0n) is 13.9. The largest absolute Gasteiger partial charge is 0.496 e. The molecular formula is C18H24N2O2S. The van der Waals surface area contributed by atoms with E-state index in [1.165, 1.54) is 4.88 Å². The average molecular weight is 332 g/mol. The molecule has 5 heteroatoms. The SMILES string of the molecule is COc1ccccc1[C@H](C)N(C)CC(=O)NCCc1cccs1. The second-order valence-corrected chi connectivity index (χ2v) is 6.54. The first kappa shape index (κ1) is 17.5. The monoisotopic (exact) mass is 332 g/mol. The van der Waals surface area contributed by atoms with Crippen molar-refractivity contribution in [2.24, 2.45) is 0 Å². The Balaban J connectivity index is 1.82. The third-order valence-electron chi connectivity index (χ3n) is 3.92. The smallest absolute Gasteiger partial charge is 0.234 e. The van der Waals surface area contributed by atoms with Gasteiger partial charge in [0.25, 0.3) is 0 Å². The number of thiophene rings is 1. The minimum atomic E-state index is 0.0470. The topological polar surface area (TPSA) is 41.6 Å².